The fourth-order valence-electron chi connectivity index (χ4n) is 15.2. The number of aromatic nitrogens is 6. The summed E-state index contributed by atoms with van der Waals surface area (Å²) in [4.78, 5) is 10.9. The second kappa shape index (κ2) is 20.8. The van der Waals surface area contributed by atoms with Crippen molar-refractivity contribution in [3.63, 3.8) is 0 Å². The van der Waals surface area contributed by atoms with E-state index < -0.39 is 11.7 Å². The first-order chi connectivity index (χ1) is 46.6. The molecule has 448 valence electrons. The van der Waals surface area contributed by atoms with Gasteiger partial charge in [-0.25, -0.2) is 9.97 Å². The molecule has 5 aromatic heterocycles. The third kappa shape index (κ3) is 8.59. The number of rotatable bonds is 8. The van der Waals surface area contributed by atoms with Crippen LogP contribution in [0.15, 0.2) is 303 Å². The average Bonchev–Trinajstić information content (AvgIpc) is 1.68. The van der Waals surface area contributed by atoms with E-state index in [1.54, 1.807) is 13.0 Å². The summed E-state index contributed by atoms with van der Waals surface area (Å²) >= 11 is 0. The molecule has 5 heterocycles. The van der Waals surface area contributed by atoms with Gasteiger partial charge in [0.05, 0.1) is 60.9 Å². The van der Waals surface area contributed by atoms with Crippen LogP contribution in [0, 0.1) is 6.92 Å². The smallest absolute Gasteiger partial charge is 0.309 e. The van der Waals surface area contributed by atoms with Gasteiger partial charge in [0.15, 0.2) is 5.82 Å². The Labute approximate surface area is 542 Å². The molecule has 0 amide bonds. The van der Waals surface area contributed by atoms with Crippen LogP contribution in [0.5, 0.6) is 0 Å². The second-order valence-electron chi connectivity index (χ2n) is 24.9. The van der Waals surface area contributed by atoms with Gasteiger partial charge in [-0.05, 0) is 180 Å². The zero-order chi connectivity index (χ0) is 63.2. The quantitative estimate of drug-likeness (QED) is 0.142. The van der Waals surface area contributed by atoms with E-state index in [1.807, 2.05) is 36.4 Å². The number of halogens is 3. The minimum atomic E-state index is -4.58. The third-order valence-electron chi connectivity index (χ3n) is 19.3. The van der Waals surface area contributed by atoms with Gasteiger partial charge in [0.25, 0.3) is 0 Å². The van der Waals surface area contributed by atoms with Gasteiger partial charge in [-0.3, -0.25) is 0 Å². The van der Waals surface area contributed by atoms with E-state index in [1.165, 1.54) is 33.7 Å². The topological polar surface area (TPSA) is 45.5 Å². The van der Waals surface area contributed by atoms with E-state index in [0.29, 0.717) is 39.1 Å². The van der Waals surface area contributed by atoms with Gasteiger partial charge in [-0.15, -0.1) is 0 Å². The molecule has 0 radical (unpaired) electrons. The van der Waals surface area contributed by atoms with Crippen LogP contribution < -0.4 is 0 Å². The predicted molar refractivity (Wildman–Crippen MR) is 386 cm³/mol. The Morgan fingerprint density at radius 1 is 0.263 bits per heavy atom. The number of aryl methyl sites for hydroxylation is 1. The SMILES string of the molecule is Cc1cc(-c2nc(-c3cc(-n4c5ccccc5c5cc(-c6ccc7c(c6)c6ccccc6n7-c6ccccc6)ccc54)cc(-n4c5ccccc5c5cc(-c6ccc7c(c6)c6ccccc6n7-c6ccccc6)ccc54)c3)nc3c2ccc2ccccc23)cc(C(F)(F)F)c1. The molecule has 0 saturated heterocycles. The maximum atomic E-state index is 14.8. The van der Waals surface area contributed by atoms with Crippen LogP contribution >= 0.6 is 0 Å². The Hall–Kier alpha value is -12.3. The molecule has 95 heavy (non-hydrogen) atoms. The number of hydrogen-bond acceptors (Lipinski definition) is 2. The van der Waals surface area contributed by atoms with E-state index >= 15 is 0 Å². The van der Waals surface area contributed by atoms with Crippen molar-refractivity contribution in [1.82, 2.24) is 28.2 Å². The zero-order valence-corrected chi connectivity index (χ0v) is 51.2. The highest BCUT2D eigenvalue weighted by Gasteiger charge is 2.32. The van der Waals surface area contributed by atoms with Crippen LogP contribution in [0.25, 0.3) is 177 Å². The lowest BCUT2D eigenvalue weighted by molar-refractivity contribution is -0.137. The summed E-state index contributed by atoms with van der Waals surface area (Å²) in [7, 11) is 0. The fraction of sp³-hybridized carbons (Fsp3) is 0.0233. The summed E-state index contributed by atoms with van der Waals surface area (Å²) in [6, 6.07) is 105. The molecule has 0 atom stereocenters. The normalized spacial score (nSPS) is 12.2. The van der Waals surface area contributed by atoms with Crippen LogP contribution in [0.1, 0.15) is 11.1 Å². The van der Waals surface area contributed by atoms with E-state index in [-0.39, 0.29) is 0 Å². The summed E-state index contributed by atoms with van der Waals surface area (Å²) in [5.41, 5.74) is 18.8. The van der Waals surface area contributed by atoms with Crippen LogP contribution in [0.4, 0.5) is 13.2 Å². The van der Waals surface area contributed by atoms with Crippen LogP contribution in [0.2, 0.25) is 0 Å². The Morgan fingerprint density at radius 3 is 1.07 bits per heavy atom. The number of alkyl halides is 3. The molecule has 0 aliphatic heterocycles. The Kier molecular flexibility index (Phi) is 11.9. The fourth-order valence-corrected chi connectivity index (χ4v) is 15.2. The summed E-state index contributed by atoms with van der Waals surface area (Å²) in [6.07, 6.45) is -4.58. The number of benzene rings is 14. The Balaban J connectivity index is 0.839. The minimum Gasteiger partial charge on any atom is -0.309 e. The van der Waals surface area contributed by atoms with Gasteiger partial charge < -0.3 is 18.3 Å². The lowest BCUT2D eigenvalue weighted by Crippen LogP contribution is -2.06. The first-order valence-electron chi connectivity index (χ1n) is 31.9. The zero-order valence-electron chi connectivity index (χ0n) is 51.2. The van der Waals surface area contributed by atoms with Gasteiger partial charge in [0.1, 0.15) is 0 Å². The summed E-state index contributed by atoms with van der Waals surface area (Å²) in [5.74, 6) is 0.376. The summed E-state index contributed by atoms with van der Waals surface area (Å²) in [6.45, 7) is 1.70. The predicted octanol–water partition coefficient (Wildman–Crippen LogP) is 23.2. The number of para-hydroxylation sites is 6. The van der Waals surface area contributed by atoms with Gasteiger partial charge in [-0.2, -0.15) is 13.2 Å². The maximum Gasteiger partial charge on any atom is 0.416 e. The van der Waals surface area contributed by atoms with Crippen molar-refractivity contribution in [2.45, 2.75) is 13.1 Å². The molecule has 19 aromatic rings. The first-order valence-corrected chi connectivity index (χ1v) is 31.9. The lowest BCUT2D eigenvalue weighted by Gasteiger charge is -2.17. The maximum absolute atomic E-state index is 14.8. The molecule has 0 bridgehead atoms. The van der Waals surface area contributed by atoms with E-state index in [0.717, 1.165) is 121 Å². The number of nitrogens with zero attached hydrogens (tertiary/aromatic N) is 6. The molecule has 19 rings (SSSR count). The van der Waals surface area contributed by atoms with E-state index in [2.05, 4.69) is 267 Å². The second-order valence-corrected chi connectivity index (χ2v) is 24.9. The summed E-state index contributed by atoms with van der Waals surface area (Å²) in [5, 5.41) is 11.5. The minimum absolute atomic E-state index is 0.358. The van der Waals surface area contributed by atoms with Crippen molar-refractivity contribution in [1.29, 1.82) is 0 Å². The van der Waals surface area contributed by atoms with Crippen LogP contribution in [-0.2, 0) is 6.18 Å². The highest BCUT2D eigenvalue weighted by molar-refractivity contribution is 6.16. The van der Waals surface area contributed by atoms with E-state index in [9.17, 15) is 13.2 Å². The largest absolute Gasteiger partial charge is 0.416 e. The van der Waals surface area contributed by atoms with Gasteiger partial charge in [-0.1, -0.05) is 164 Å². The average molecular weight is 1230 g/mol. The monoisotopic (exact) mass is 1230 g/mol. The molecule has 0 aliphatic carbocycles. The lowest BCUT2D eigenvalue weighted by atomic mass is 9.98. The molecule has 0 fully saturated rings. The Morgan fingerprint density at radius 2 is 0.642 bits per heavy atom. The van der Waals surface area contributed by atoms with Crippen molar-refractivity contribution in [2.75, 3.05) is 0 Å². The number of fused-ring (bicyclic) bond motifs is 15. The molecular formula is C86H53F3N6. The molecule has 0 unspecified atom stereocenters. The Bertz CT molecular complexity index is 6110. The first kappa shape index (κ1) is 54.4. The molecule has 0 N–H and O–H groups in total. The van der Waals surface area contributed by atoms with Gasteiger partial charge >= 0.3 is 6.18 Å². The molecule has 0 spiro atoms. The van der Waals surface area contributed by atoms with Crippen molar-refractivity contribution in [3.05, 3.63) is 314 Å². The molecule has 14 aromatic carbocycles. The van der Waals surface area contributed by atoms with Crippen LogP contribution in [0.3, 0.4) is 0 Å². The van der Waals surface area contributed by atoms with Crippen LogP contribution in [-0.4, -0.2) is 28.2 Å². The van der Waals surface area contributed by atoms with Crippen molar-refractivity contribution >= 4 is 109 Å². The van der Waals surface area contributed by atoms with Gasteiger partial charge in [0.2, 0.25) is 0 Å². The number of hydrogen-bond donors (Lipinski definition) is 0. The van der Waals surface area contributed by atoms with Crippen molar-refractivity contribution in [3.8, 4) is 67.6 Å². The molecular weight excluding hydrogens is 1170 g/mol. The van der Waals surface area contributed by atoms with E-state index in [4.69, 9.17) is 9.97 Å². The molecule has 6 nitrogen and oxygen atoms in total. The molecule has 0 saturated carbocycles. The summed E-state index contributed by atoms with van der Waals surface area (Å²) < 4.78 is 53.9. The van der Waals surface area contributed by atoms with Crippen molar-refractivity contribution < 1.29 is 13.2 Å². The molecule has 0 aliphatic rings. The van der Waals surface area contributed by atoms with Crippen molar-refractivity contribution in [2.24, 2.45) is 0 Å². The standard InChI is InChI=1S/C86H53F3N6/c1-52-42-58(44-60(43-52)86(87,88)89)83-70-37-32-53-18-8-9-23-65(53)84(70)91-85(90-83)59-45-63(94-77-30-16-12-26-68(77)73-49-56(35-40-81(73)94)54-33-38-79-71(47-54)66-24-10-14-28-75(66)92(79)61-19-4-2-5-20-61)51-64(46-59)95-78-31-17-13-27-69(78)74-50-57(36-41-82(74)95)55-34-39-80-72(48-55)67-25-11-15-29-76(67)93(80)62-21-6-3-7-22-62/h2-51H,1H3. The molecule has 9 heteroatoms. The van der Waals surface area contributed by atoms with Gasteiger partial charge in [0, 0.05) is 87.7 Å². The third-order valence-corrected chi connectivity index (χ3v) is 19.3. The highest BCUT2D eigenvalue weighted by Crippen LogP contribution is 2.44. The highest BCUT2D eigenvalue weighted by atomic mass is 19.4.